The number of aryl methyl sites for hydroxylation is 1. The van der Waals surface area contributed by atoms with Crippen molar-refractivity contribution in [3.63, 3.8) is 0 Å². The number of hydrogen-bond acceptors (Lipinski definition) is 3. The Bertz CT molecular complexity index is 558. The number of sulfonamides is 1. The molecule has 0 saturated heterocycles. The summed E-state index contributed by atoms with van der Waals surface area (Å²) in [5.74, 6) is -0.722. The summed E-state index contributed by atoms with van der Waals surface area (Å²) in [6.07, 6.45) is 4.57. The van der Waals surface area contributed by atoms with E-state index in [4.69, 9.17) is 5.11 Å². The molecule has 2 rings (SSSR count). The molecular weight excluding hydrogens is 256 g/mol. The summed E-state index contributed by atoms with van der Waals surface area (Å²) in [6, 6.07) is 1.17. The van der Waals surface area contributed by atoms with Crippen molar-refractivity contribution >= 4 is 16.0 Å². The van der Waals surface area contributed by atoms with Crippen molar-refractivity contribution in [2.24, 2.45) is 13.0 Å². The van der Waals surface area contributed by atoms with Crippen LogP contribution in [0, 0.1) is 5.92 Å². The van der Waals surface area contributed by atoms with Crippen LogP contribution in [0.2, 0.25) is 0 Å². The third-order valence-corrected chi connectivity index (χ3v) is 4.69. The van der Waals surface area contributed by atoms with Crippen LogP contribution in [0.3, 0.4) is 0 Å². The molecule has 1 heterocycles. The maximum Gasteiger partial charge on any atom is 0.352 e. The zero-order valence-electron chi connectivity index (χ0n) is 10.1. The molecule has 6 nitrogen and oxygen atoms in total. The van der Waals surface area contributed by atoms with Gasteiger partial charge in [-0.25, -0.2) is 17.9 Å². The number of hydrogen-bond donors (Lipinski definition) is 2. The Morgan fingerprint density at radius 3 is 2.67 bits per heavy atom. The first-order valence-electron chi connectivity index (χ1n) is 5.79. The third kappa shape index (κ3) is 2.56. The summed E-state index contributed by atoms with van der Waals surface area (Å²) in [6.45, 7) is 0.430. The summed E-state index contributed by atoms with van der Waals surface area (Å²) in [5, 5.41) is 8.87. The molecule has 1 aliphatic rings. The molecule has 0 radical (unpaired) electrons. The average Bonchev–Trinajstić information content (AvgIpc) is 2.58. The number of nitrogens with one attached hydrogen (secondary N) is 1. The predicted octanol–water partition coefficient (Wildman–Crippen LogP) is 0.802. The van der Waals surface area contributed by atoms with Crippen LogP contribution in [0.15, 0.2) is 17.2 Å². The van der Waals surface area contributed by atoms with E-state index in [0.717, 1.165) is 19.3 Å². The predicted molar refractivity (Wildman–Crippen MR) is 64.9 cm³/mol. The maximum atomic E-state index is 11.9. The van der Waals surface area contributed by atoms with Crippen molar-refractivity contribution in [2.75, 3.05) is 6.54 Å². The molecule has 1 fully saturated rings. The van der Waals surface area contributed by atoms with Gasteiger partial charge in [0.05, 0.1) is 0 Å². The van der Waals surface area contributed by atoms with Gasteiger partial charge < -0.3 is 9.67 Å². The molecule has 0 bridgehead atoms. The van der Waals surface area contributed by atoms with Crippen LogP contribution in [0.1, 0.15) is 29.8 Å². The Morgan fingerprint density at radius 2 is 2.22 bits per heavy atom. The van der Waals surface area contributed by atoms with Crippen LogP contribution in [0.25, 0.3) is 0 Å². The summed E-state index contributed by atoms with van der Waals surface area (Å²) in [7, 11) is -2.09. The Labute approximate surface area is 106 Å². The van der Waals surface area contributed by atoms with Gasteiger partial charge in [0.15, 0.2) is 0 Å². The van der Waals surface area contributed by atoms with E-state index in [2.05, 4.69) is 4.72 Å². The second-order valence-electron chi connectivity index (χ2n) is 4.63. The zero-order valence-corrected chi connectivity index (χ0v) is 10.9. The first kappa shape index (κ1) is 13.1. The van der Waals surface area contributed by atoms with Crippen molar-refractivity contribution in [1.82, 2.24) is 9.29 Å². The van der Waals surface area contributed by atoms with E-state index >= 15 is 0 Å². The van der Waals surface area contributed by atoms with Gasteiger partial charge >= 0.3 is 5.97 Å². The monoisotopic (exact) mass is 272 g/mol. The minimum absolute atomic E-state index is 0.00160. The summed E-state index contributed by atoms with van der Waals surface area (Å²) in [5.41, 5.74) is -0.0426. The highest BCUT2D eigenvalue weighted by molar-refractivity contribution is 7.89. The van der Waals surface area contributed by atoms with Crippen LogP contribution >= 0.6 is 0 Å². The first-order chi connectivity index (χ1) is 8.40. The molecule has 1 aromatic rings. The number of rotatable bonds is 5. The molecule has 18 heavy (non-hydrogen) atoms. The fourth-order valence-electron chi connectivity index (χ4n) is 1.90. The van der Waals surface area contributed by atoms with E-state index < -0.39 is 16.0 Å². The number of carbonyl (C=O) groups is 1. The van der Waals surface area contributed by atoms with Crippen LogP contribution in [-0.4, -0.2) is 30.6 Å². The van der Waals surface area contributed by atoms with Gasteiger partial charge in [0.25, 0.3) is 0 Å². The number of nitrogens with zero attached hydrogens (tertiary/aromatic N) is 1. The lowest BCUT2D eigenvalue weighted by molar-refractivity contribution is 0.0686. The highest BCUT2D eigenvalue weighted by Crippen LogP contribution is 2.25. The Kier molecular flexibility index (Phi) is 3.45. The number of carboxylic acid groups (broad SMARTS) is 1. The lowest BCUT2D eigenvalue weighted by Gasteiger charge is -2.25. The van der Waals surface area contributed by atoms with Gasteiger partial charge in [-0.2, -0.15) is 0 Å². The fourth-order valence-corrected chi connectivity index (χ4v) is 3.09. The normalized spacial score (nSPS) is 16.5. The molecule has 0 amide bonds. The van der Waals surface area contributed by atoms with Crippen LogP contribution < -0.4 is 4.72 Å². The van der Waals surface area contributed by atoms with Gasteiger partial charge in [-0.3, -0.25) is 0 Å². The Morgan fingerprint density at radius 1 is 1.56 bits per heavy atom. The van der Waals surface area contributed by atoms with Crippen LogP contribution in [0.5, 0.6) is 0 Å². The molecule has 0 aromatic carbocycles. The molecule has 1 aliphatic carbocycles. The molecule has 0 aliphatic heterocycles. The van der Waals surface area contributed by atoms with Gasteiger partial charge in [0.2, 0.25) is 10.0 Å². The molecule has 1 saturated carbocycles. The van der Waals surface area contributed by atoms with Gasteiger partial charge in [-0.1, -0.05) is 6.42 Å². The van der Waals surface area contributed by atoms with E-state index in [1.165, 1.54) is 23.9 Å². The Hall–Kier alpha value is -1.34. The lowest BCUT2D eigenvalue weighted by Crippen LogP contribution is -2.32. The maximum absolute atomic E-state index is 11.9. The molecule has 0 unspecified atom stereocenters. The fraction of sp³-hybridized carbons (Fsp3) is 0.545. The highest BCUT2D eigenvalue weighted by atomic mass is 32.2. The van der Waals surface area contributed by atoms with Crippen LogP contribution in [0.4, 0.5) is 0 Å². The van der Waals surface area contributed by atoms with Gasteiger partial charge in [-0.15, -0.1) is 0 Å². The molecule has 0 atom stereocenters. The van der Waals surface area contributed by atoms with Crippen LogP contribution in [-0.2, 0) is 17.1 Å². The van der Waals surface area contributed by atoms with Crippen molar-refractivity contribution in [3.05, 3.63) is 18.0 Å². The summed E-state index contributed by atoms with van der Waals surface area (Å²) in [4.78, 5) is 10.8. The van der Waals surface area contributed by atoms with Crippen molar-refractivity contribution in [3.8, 4) is 0 Å². The summed E-state index contributed by atoms with van der Waals surface area (Å²) < 4.78 is 27.7. The molecular formula is C11H16N2O4S. The average molecular weight is 272 g/mol. The minimum Gasteiger partial charge on any atom is -0.477 e. The minimum atomic E-state index is -3.60. The quantitative estimate of drug-likeness (QED) is 0.830. The van der Waals surface area contributed by atoms with E-state index in [1.54, 1.807) is 0 Å². The van der Waals surface area contributed by atoms with Gasteiger partial charge in [0, 0.05) is 19.8 Å². The molecule has 100 valence electrons. The molecule has 2 N–H and O–H groups in total. The van der Waals surface area contributed by atoms with Gasteiger partial charge in [-0.05, 0) is 24.8 Å². The van der Waals surface area contributed by atoms with Crippen molar-refractivity contribution < 1.29 is 18.3 Å². The number of aromatic nitrogens is 1. The first-order valence-corrected chi connectivity index (χ1v) is 7.28. The van der Waals surface area contributed by atoms with E-state index in [1.807, 2.05) is 0 Å². The Balaban J connectivity index is 2.13. The second-order valence-corrected chi connectivity index (χ2v) is 6.39. The van der Waals surface area contributed by atoms with E-state index in [0.29, 0.717) is 12.5 Å². The standard InChI is InChI=1S/C11H16N2O4S/c1-13-7-9(5-10(13)11(14)15)18(16,17)12-6-8-3-2-4-8/h5,7-8,12H,2-4,6H2,1H3,(H,14,15). The largest absolute Gasteiger partial charge is 0.477 e. The SMILES string of the molecule is Cn1cc(S(=O)(=O)NCC2CCC2)cc1C(=O)O. The number of aromatic carboxylic acids is 1. The lowest BCUT2D eigenvalue weighted by atomic mass is 9.86. The zero-order chi connectivity index (χ0) is 13.3. The smallest absolute Gasteiger partial charge is 0.352 e. The second kappa shape index (κ2) is 4.74. The van der Waals surface area contributed by atoms with Crippen molar-refractivity contribution in [2.45, 2.75) is 24.2 Å². The van der Waals surface area contributed by atoms with Crippen molar-refractivity contribution in [1.29, 1.82) is 0 Å². The third-order valence-electron chi connectivity index (χ3n) is 3.30. The van der Waals surface area contributed by atoms with Gasteiger partial charge in [0.1, 0.15) is 10.6 Å². The van der Waals surface area contributed by atoms with E-state index in [9.17, 15) is 13.2 Å². The molecule has 1 aromatic heterocycles. The topological polar surface area (TPSA) is 88.4 Å². The molecule has 7 heteroatoms. The summed E-state index contributed by atoms with van der Waals surface area (Å²) >= 11 is 0. The number of carboxylic acids is 1. The molecule has 0 spiro atoms. The highest BCUT2D eigenvalue weighted by Gasteiger charge is 2.23. The van der Waals surface area contributed by atoms with E-state index in [-0.39, 0.29) is 10.6 Å².